The molecule has 1 aromatic heterocycles. The summed E-state index contributed by atoms with van der Waals surface area (Å²) >= 11 is 0. The van der Waals surface area contributed by atoms with E-state index in [1.807, 2.05) is 29.5 Å². The van der Waals surface area contributed by atoms with E-state index >= 15 is 0 Å². The molecule has 1 saturated carbocycles. The van der Waals surface area contributed by atoms with Crippen LogP contribution >= 0.6 is 0 Å². The Bertz CT molecular complexity index is 393. The normalized spacial score (nSPS) is 14.8. The Balaban J connectivity index is 1.91. The lowest BCUT2D eigenvalue weighted by Crippen LogP contribution is -2.34. The number of carbonyl (C=O) groups is 1. The van der Waals surface area contributed by atoms with Gasteiger partial charge in [0.25, 0.3) is 0 Å². The Kier molecular flexibility index (Phi) is 4.36. The van der Waals surface area contributed by atoms with Gasteiger partial charge in [0.05, 0.1) is 12.0 Å². The highest BCUT2D eigenvalue weighted by atomic mass is 16.2. The first kappa shape index (κ1) is 13.1. The van der Waals surface area contributed by atoms with Gasteiger partial charge in [-0.3, -0.25) is 4.79 Å². The van der Waals surface area contributed by atoms with Gasteiger partial charge in [0, 0.05) is 31.9 Å². The standard InChI is InChI=1S/C13H22N4O/c1-3-16(4-2)13(18)9-17-10-14-7-12(17)8-15-11-5-6-11/h7,10-11,15H,3-6,8-9H2,1-2H3. The maximum Gasteiger partial charge on any atom is 0.242 e. The van der Waals surface area contributed by atoms with Gasteiger partial charge >= 0.3 is 0 Å². The van der Waals surface area contributed by atoms with E-state index in [2.05, 4.69) is 10.3 Å². The number of rotatable bonds is 7. The van der Waals surface area contributed by atoms with E-state index in [9.17, 15) is 4.79 Å². The molecule has 0 radical (unpaired) electrons. The van der Waals surface area contributed by atoms with Crippen LogP contribution in [0.5, 0.6) is 0 Å². The molecule has 0 saturated heterocycles. The van der Waals surface area contributed by atoms with Gasteiger partial charge in [0.1, 0.15) is 6.54 Å². The molecule has 0 atom stereocenters. The summed E-state index contributed by atoms with van der Waals surface area (Å²) in [5.74, 6) is 0.158. The molecule has 1 aromatic rings. The monoisotopic (exact) mass is 250 g/mol. The minimum atomic E-state index is 0.158. The van der Waals surface area contributed by atoms with Crippen LogP contribution in [0.3, 0.4) is 0 Å². The van der Waals surface area contributed by atoms with Gasteiger partial charge in [-0.25, -0.2) is 4.98 Å². The fourth-order valence-corrected chi connectivity index (χ4v) is 2.00. The second-order valence-electron chi connectivity index (χ2n) is 4.73. The zero-order valence-corrected chi connectivity index (χ0v) is 11.2. The summed E-state index contributed by atoms with van der Waals surface area (Å²) in [4.78, 5) is 18.0. The Labute approximate surface area is 108 Å². The number of likely N-dealkylation sites (N-methyl/N-ethyl adjacent to an activating group) is 1. The van der Waals surface area contributed by atoms with Crippen molar-refractivity contribution in [2.24, 2.45) is 0 Å². The average Bonchev–Trinajstić information content (AvgIpc) is 3.09. The van der Waals surface area contributed by atoms with Crippen molar-refractivity contribution >= 4 is 5.91 Å². The molecule has 0 aromatic carbocycles. The largest absolute Gasteiger partial charge is 0.342 e. The molecule has 1 fully saturated rings. The highest BCUT2D eigenvalue weighted by Crippen LogP contribution is 2.19. The molecule has 0 bridgehead atoms. The Hall–Kier alpha value is -1.36. The lowest BCUT2D eigenvalue weighted by atomic mass is 10.4. The number of nitrogens with zero attached hydrogens (tertiary/aromatic N) is 3. The molecule has 1 N–H and O–H groups in total. The van der Waals surface area contributed by atoms with E-state index in [-0.39, 0.29) is 5.91 Å². The summed E-state index contributed by atoms with van der Waals surface area (Å²) in [6, 6.07) is 0.673. The van der Waals surface area contributed by atoms with Gasteiger partial charge in [-0.1, -0.05) is 0 Å². The van der Waals surface area contributed by atoms with Crippen LogP contribution in [0.4, 0.5) is 0 Å². The molecule has 0 spiro atoms. The topological polar surface area (TPSA) is 50.2 Å². The number of hydrogen-bond acceptors (Lipinski definition) is 3. The Morgan fingerprint density at radius 2 is 2.22 bits per heavy atom. The molecule has 1 aliphatic rings. The first-order chi connectivity index (χ1) is 8.74. The minimum absolute atomic E-state index is 0.158. The quantitative estimate of drug-likeness (QED) is 0.785. The van der Waals surface area contributed by atoms with Crippen molar-refractivity contribution in [3.63, 3.8) is 0 Å². The van der Waals surface area contributed by atoms with E-state index < -0.39 is 0 Å². The van der Waals surface area contributed by atoms with Gasteiger partial charge in [-0.2, -0.15) is 0 Å². The van der Waals surface area contributed by atoms with Gasteiger partial charge in [-0.15, -0.1) is 0 Å². The van der Waals surface area contributed by atoms with Crippen molar-refractivity contribution in [3.05, 3.63) is 18.2 Å². The fourth-order valence-electron chi connectivity index (χ4n) is 2.00. The van der Waals surface area contributed by atoms with Gasteiger partial charge in [-0.05, 0) is 26.7 Å². The van der Waals surface area contributed by atoms with Crippen LogP contribution in [0, 0.1) is 0 Å². The SMILES string of the molecule is CCN(CC)C(=O)Cn1cncc1CNC1CC1. The summed E-state index contributed by atoms with van der Waals surface area (Å²) in [5.41, 5.74) is 1.09. The Morgan fingerprint density at radius 3 is 2.83 bits per heavy atom. The molecular weight excluding hydrogens is 228 g/mol. The zero-order chi connectivity index (χ0) is 13.0. The highest BCUT2D eigenvalue weighted by molar-refractivity contribution is 5.76. The highest BCUT2D eigenvalue weighted by Gasteiger charge is 2.21. The summed E-state index contributed by atoms with van der Waals surface area (Å²) in [6.45, 7) is 6.73. The molecule has 1 amide bonds. The van der Waals surface area contributed by atoms with Crippen LogP contribution in [-0.2, 0) is 17.9 Å². The third-order valence-corrected chi connectivity index (χ3v) is 3.37. The molecule has 1 heterocycles. The van der Waals surface area contributed by atoms with Crippen molar-refractivity contribution in [2.75, 3.05) is 13.1 Å². The molecule has 18 heavy (non-hydrogen) atoms. The predicted octanol–water partition coefficient (Wildman–Crippen LogP) is 1.00. The molecule has 0 aliphatic heterocycles. The second-order valence-corrected chi connectivity index (χ2v) is 4.73. The lowest BCUT2D eigenvalue weighted by molar-refractivity contribution is -0.131. The first-order valence-corrected chi connectivity index (χ1v) is 6.74. The number of nitrogens with one attached hydrogen (secondary N) is 1. The summed E-state index contributed by atoms with van der Waals surface area (Å²) in [6.07, 6.45) is 6.12. The fraction of sp³-hybridized carbons (Fsp3) is 0.692. The lowest BCUT2D eigenvalue weighted by Gasteiger charge is -2.19. The van der Waals surface area contributed by atoms with Crippen LogP contribution in [0.1, 0.15) is 32.4 Å². The summed E-state index contributed by atoms with van der Waals surface area (Å²) in [5, 5.41) is 3.44. The van der Waals surface area contributed by atoms with Crippen molar-refractivity contribution in [3.8, 4) is 0 Å². The third-order valence-electron chi connectivity index (χ3n) is 3.37. The molecule has 0 unspecified atom stereocenters. The number of imidazole rings is 1. The predicted molar refractivity (Wildman–Crippen MR) is 70.0 cm³/mol. The number of aromatic nitrogens is 2. The van der Waals surface area contributed by atoms with Crippen LogP contribution in [-0.4, -0.2) is 39.5 Å². The molecule has 100 valence electrons. The maximum atomic E-state index is 12.0. The van der Waals surface area contributed by atoms with Crippen molar-refractivity contribution < 1.29 is 4.79 Å². The molecule has 5 nitrogen and oxygen atoms in total. The molecule has 2 rings (SSSR count). The average molecular weight is 250 g/mol. The van der Waals surface area contributed by atoms with E-state index in [0.717, 1.165) is 25.3 Å². The van der Waals surface area contributed by atoms with E-state index in [1.54, 1.807) is 6.33 Å². The summed E-state index contributed by atoms with van der Waals surface area (Å²) in [7, 11) is 0. The molecule has 5 heteroatoms. The summed E-state index contributed by atoms with van der Waals surface area (Å²) < 4.78 is 1.94. The van der Waals surface area contributed by atoms with Gasteiger partial charge in [0.15, 0.2) is 0 Å². The zero-order valence-electron chi connectivity index (χ0n) is 11.2. The second kappa shape index (κ2) is 6.00. The smallest absolute Gasteiger partial charge is 0.242 e. The van der Waals surface area contributed by atoms with E-state index in [0.29, 0.717) is 12.6 Å². The van der Waals surface area contributed by atoms with Crippen molar-refractivity contribution in [1.82, 2.24) is 19.8 Å². The van der Waals surface area contributed by atoms with Crippen molar-refractivity contribution in [2.45, 2.75) is 45.8 Å². The van der Waals surface area contributed by atoms with Crippen LogP contribution in [0.25, 0.3) is 0 Å². The van der Waals surface area contributed by atoms with Crippen LogP contribution in [0.15, 0.2) is 12.5 Å². The number of carbonyl (C=O) groups excluding carboxylic acids is 1. The maximum absolute atomic E-state index is 12.0. The van der Waals surface area contributed by atoms with E-state index in [4.69, 9.17) is 0 Å². The minimum Gasteiger partial charge on any atom is -0.342 e. The first-order valence-electron chi connectivity index (χ1n) is 6.74. The van der Waals surface area contributed by atoms with Crippen LogP contribution < -0.4 is 5.32 Å². The van der Waals surface area contributed by atoms with Crippen LogP contribution in [0.2, 0.25) is 0 Å². The number of hydrogen-bond donors (Lipinski definition) is 1. The van der Waals surface area contributed by atoms with Crippen molar-refractivity contribution in [1.29, 1.82) is 0 Å². The van der Waals surface area contributed by atoms with Gasteiger partial charge < -0.3 is 14.8 Å². The van der Waals surface area contributed by atoms with Gasteiger partial charge in [0.2, 0.25) is 5.91 Å². The number of amides is 1. The molecular formula is C13H22N4O. The third kappa shape index (κ3) is 3.32. The Morgan fingerprint density at radius 1 is 1.50 bits per heavy atom. The van der Waals surface area contributed by atoms with E-state index in [1.165, 1.54) is 12.8 Å². The molecule has 1 aliphatic carbocycles.